The molecular formula is C50H68N6O6. The number of nitrogens with one attached hydrogen (secondary N) is 2. The van der Waals surface area contributed by atoms with Gasteiger partial charge in [0.15, 0.2) is 11.5 Å². The molecule has 1 aliphatic carbocycles. The lowest BCUT2D eigenvalue weighted by Crippen LogP contribution is -2.37. The van der Waals surface area contributed by atoms with Gasteiger partial charge in [-0.1, -0.05) is 103 Å². The third-order valence-corrected chi connectivity index (χ3v) is 13.0. The molecule has 0 bridgehead atoms. The Labute approximate surface area is 368 Å². The van der Waals surface area contributed by atoms with Crippen LogP contribution in [0.25, 0.3) is 21.9 Å². The second kappa shape index (κ2) is 22.3. The maximum absolute atomic E-state index is 13.9. The molecule has 1 aliphatic heterocycles. The summed E-state index contributed by atoms with van der Waals surface area (Å²) in [5.74, 6) is -0.221. The number of hydrogen-bond acceptors (Lipinski definition) is 7. The number of morpholine rings is 1. The Bertz CT molecular complexity index is 2170. The SMILES string of the molecule is [C-]#[N+]c1cn2[nH]c(-c3ccc(N4CCOCC4)c(Cc4cc(C)ccc4CC(CCCCCCCCCC)C(=O)NCCC(=O)O)c3)nc2c1C(=O)OC1C(C)CC(C)CC1C. The van der Waals surface area contributed by atoms with Crippen LogP contribution in [0.5, 0.6) is 0 Å². The van der Waals surface area contributed by atoms with Gasteiger partial charge in [-0.05, 0) is 91.7 Å². The average Bonchev–Trinajstić information content (AvgIpc) is 3.82. The molecule has 2 aliphatic rings. The van der Waals surface area contributed by atoms with Crippen LogP contribution in [0.4, 0.5) is 11.4 Å². The first-order valence-electron chi connectivity index (χ1n) is 23.2. The number of carboxylic acids is 1. The fraction of sp³-hybridized carbons (Fsp3) is 0.580. The molecule has 1 amide bonds. The molecule has 3 atom stereocenters. The molecule has 0 spiro atoms. The monoisotopic (exact) mass is 849 g/mol. The van der Waals surface area contributed by atoms with Crippen molar-refractivity contribution in [2.45, 2.75) is 131 Å². The highest BCUT2D eigenvalue weighted by molar-refractivity contribution is 6.03. The quantitative estimate of drug-likeness (QED) is 0.0427. The first kappa shape index (κ1) is 46.4. The minimum absolute atomic E-state index is 0.0899. The number of anilines is 1. The van der Waals surface area contributed by atoms with E-state index in [9.17, 15) is 19.5 Å². The fourth-order valence-corrected chi connectivity index (χ4v) is 9.81. The van der Waals surface area contributed by atoms with E-state index in [1.54, 1.807) is 10.7 Å². The minimum atomic E-state index is -0.929. The van der Waals surface area contributed by atoms with Gasteiger partial charge in [-0.15, -0.1) is 0 Å². The summed E-state index contributed by atoms with van der Waals surface area (Å²) in [6.45, 7) is 21.6. The van der Waals surface area contributed by atoms with Crippen LogP contribution < -0.4 is 10.2 Å². The molecule has 1 saturated carbocycles. The molecule has 12 heteroatoms. The summed E-state index contributed by atoms with van der Waals surface area (Å²) in [6.07, 6.45) is 14.6. The number of aromatic amines is 1. The van der Waals surface area contributed by atoms with Gasteiger partial charge in [0.2, 0.25) is 11.6 Å². The van der Waals surface area contributed by atoms with Crippen molar-refractivity contribution in [3.63, 3.8) is 0 Å². The van der Waals surface area contributed by atoms with E-state index in [0.29, 0.717) is 43.4 Å². The summed E-state index contributed by atoms with van der Waals surface area (Å²) in [5.41, 5.74) is 7.16. The van der Waals surface area contributed by atoms with Crippen LogP contribution >= 0.6 is 0 Å². The van der Waals surface area contributed by atoms with E-state index >= 15 is 0 Å². The maximum atomic E-state index is 13.9. The smallest absolute Gasteiger partial charge is 0.331 e. The van der Waals surface area contributed by atoms with Crippen LogP contribution in [-0.4, -0.2) is 76.5 Å². The van der Waals surface area contributed by atoms with Crippen LogP contribution in [0.15, 0.2) is 42.6 Å². The molecular weight excluding hydrogens is 781 g/mol. The minimum Gasteiger partial charge on any atom is -0.481 e. The van der Waals surface area contributed by atoms with E-state index in [4.69, 9.17) is 21.0 Å². The predicted molar refractivity (Wildman–Crippen MR) is 244 cm³/mol. The molecule has 62 heavy (non-hydrogen) atoms. The summed E-state index contributed by atoms with van der Waals surface area (Å²) in [5, 5.41) is 15.5. The largest absolute Gasteiger partial charge is 0.481 e. The lowest BCUT2D eigenvalue weighted by atomic mass is 9.75. The number of rotatable bonds is 21. The maximum Gasteiger partial charge on any atom is 0.331 e. The standard InChI is InChI=1S/C50H68N6O6/c1-7-8-9-10-11-12-13-14-15-39(49(59)52-21-20-44(57)58)29-37-17-16-33(2)28-40(37)31-41-30-38(18-19-43(41)55-22-24-61-25-23-55)47-53-48-45(42(51-6)32-56(48)54-47)50(60)62-46-35(4)26-34(3)27-36(46)5/h16-19,28,30,32,34-36,39,46H,7-15,20-27,29,31H2,1-5H3,(H,52,59)(H,53,54)(H,57,58). The molecule has 12 nitrogen and oxygen atoms in total. The Balaban J connectivity index is 1.28. The number of nitrogens with zero attached hydrogens (tertiary/aromatic N) is 4. The number of esters is 1. The van der Waals surface area contributed by atoms with Crippen LogP contribution in [0, 0.1) is 37.2 Å². The summed E-state index contributed by atoms with van der Waals surface area (Å²) in [4.78, 5) is 49.8. The van der Waals surface area contributed by atoms with Gasteiger partial charge < -0.3 is 24.8 Å². The topological polar surface area (TPSA) is 143 Å². The summed E-state index contributed by atoms with van der Waals surface area (Å²) < 4.78 is 13.6. The number of aromatic nitrogens is 3. The van der Waals surface area contributed by atoms with Crippen LogP contribution in [0.1, 0.15) is 137 Å². The highest BCUT2D eigenvalue weighted by Gasteiger charge is 2.36. The predicted octanol–water partition coefficient (Wildman–Crippen LogP) is 10.1. The van der Waals surface area contributed by atoms with Crippen molar-refractivity contribution in [1.82, 2.24) is 19.9 Å². The lowest BCUT2D eigenvalue weighted by Gasteiger charge is -2.37. The number of carbonyl (C=O) groups excluding carboxylic acids is 2. The van der Waals surface area contributed by atoms with E-state index in [1.807, 2.05) is 6.07 Å². The second-order valence-electron chi connectivity index (χ2n) is 18.2. The number of amides is 1. The number of aliphatic carboxylic acids is 1. The highest BCUT2D eigenvalue weighted by atomic mass is 16.5. The third-order valence-electron chi connectivity index (χ3n) is 13.0. The molecule has 3 heterocycles. The van der Waals surface area contributed by atoms with Gasteiger partial charge in [-0.3, -0.25) is 19.2 Å². The van der Waals surface area contributed by atoms with Gasteiger partial charge in [0, 0.05) is 43.0 Å². The molecule has 3 N–H and O–H groups in total. The van der Waals surface area contributed by atoms with Crippen LogP contribution in [0.2, 0.25) is 0 Å². The lowest BCUT2D eigenvalue weighted by molar-refractivity contribution is -0.137. The Morgan fingerprint density at radius 1 is 0.968 bits per heavy atom. The number of benzene rings is 2. The van der Waals surface area contributed by atoms with E-state index in [1.165, 1.54) is 32.1 Å². The number of hydrogen-bond donors (Lipinski definition) is 3. The van der Waals surface area contributed by atoms with Gasteiger partial charge in [-0.25, -0.2) is 14.6 Å². The molecule has 334 valence electrons. The van der Waals surface area contributed by atoms with Crippen molar-refractivity contribution in [3.05, 3.63) is 81.8 Å². The van der Waals surface area contributed by atoms with Crippen LogP contribution in [0.3, 0.4) is 0 Å². The Morgan fingerprint density at radius 3 is 2.37 bits per heavy atom. The molecule has 2 aromatic heterocycles. The van der Waals surface area contributed by atoms with E-state index in [0.717, 1.165) is 85.1 Å². The molecule has 0 radical (unpaired) electrons. The van der Waals surface area contributed by atoms with Crippen molar-refractivity contribution >= 4 is 34.9 Å². The third kappa shape index (κ3) is 12.1. The zero-order valence-corrected chi connectivity index (χ0v) is 37.6. The summed E-state index contributed by atoms with van der Waals surface area (Å²) in [6, 6.07) is 12.8. The first-order valence-corrected chi connectivity index (χ1v) is 23.2. The molecule has 1 saturated heterocycles. The highest BCUT2D eigenvalue weighted by Crippen LogP contribution is 2.37. The molecule has 4 aromatic rings. The Hall–Kier alpha value is -5.15. The fourth-order valence-electron chi connectivity index (χ4n) is 9.81. The number of ether oxygens (including phenoxy) is 2. The molecule has 6 rings (SSSR count). The average molecular weight is 849 g/mol. The van der Waals surface area contributed by atoms with Gasteiger partial charge >= 0.3 is 11.9 Å². The van der Waals surface area contributed by atoms with Crippen molar-refractivity contribution in [3.8, 4) is 11.4 Å². The Kier molecular flexibility index (Phi) is 16.7. The zero-order chi connectivity index (χ0) is 44.2. The van der Waals surface area contributed by atoms with Crippen molar-refractivity contribution in [1.29, 1.82) is 0 Å². The normalized spacial score (nSPS) is 19.6. The number of aryl methyl sites for hydroxylation is 1. The molecule has 3 unspecified atom stereocenters. The van der Waals surface area contributed by atoms with Gasteiger partial charge in [0.25, 0.3) is 0 Å². The first-order chi connectivity index (χ1) is 29.9. The molecule has 2 fully saturated rings. The summed E-state index contributed by atoms with van der Waals surface area (Å²) >= 11 is 0. The summed E-state index contributed by atoms with van der Waals surface area (Å²) in [7, 11) is 0. The molecule has 2 aromatic carbocycles. The van der Waals surface area contributed by atoms with Crippen molar-refractivity contribution in [2.75, 3.05) is 37.7 Å². The van der Waals surface area contributed by atoms with E-state index in [-0.39, 0.29) is 54.0 Å². The number of carbonyl (C=O) groups is 3. The van der Waals surface area contributed by atoms with Gasteiger partial charge in [-0.2, -0.15) is 0 Å². The van der Waals surface area contributed by atoms with Gasteiger partial charge in [0.05, 0.1) is 26.2 Å². The van der Waals surface area contributed by atoms with E-state index in [2.05, 4.69) is 85.1 Å². The van der Waals surface area contributed by atoms with Crippen LogP contribution in [-0.2, 0) is 31.9 Å². The number of carboxylic acid groups (broad SMARTS) is 1. The Morgan fingerprint density at radius 2 is 1.68 bits per heavy atom. The number of fused-ring (bicyclic) bond motifs is 1. The number of unbranched alkanes of at least 4 members (excludes halogenated alkanes) is 7. The van der Waals surface area contributed by atoms with Crippen molar-refractivity contribution in [2.24, 2.45) is 23.7 Å². The number of H-pyrrole nitrogens is 1. The second-order valence-corrected chi connectivity index (χ2v) is 18.2. The zero-order valence-electron chi connectivity index (χ0n) is 37.6. The van der Waals surface area contributed by atoms with Gasteiger partial charge in [0.1, 0.15) is 11.7 Å². The van der Waals surface area contributed by atoms with Crippen molar-refractivity contribution < 1.29 is 29.0 Å². The van der Waals surface area contributed by atoms with E-state index < -0.39 is 11.9 Å².